The average Bonchev–Trinajstić information content (AvgIpc) is 2.86. The van der Waals surface area contributed by atoms with Gasteiger partial charge in [0.2, 0.25) is 0 Å². The first kappa shape index (κ1) is 17.4. The molecule has 0 radical (unpaired) electrons. The van der Waals surface area contributed by atoms with E-state index in [2.05, 4.69) is 15.9 Å². The van der Waals surface area contributed by atoms with E-state index in [9.17, 15) is 14.0 Å². The summed E-state index contributed by atoms with van der Waals surface area (Å²) in [6.45, 7) is 2.60. The molecule has 3 rings (SSSR count). The van der Waals surface area contributed by atoms with Crippen LogP contribution in [0.3, 0.4) is 0 Å². The van der Waals surface area contributed by atoms with Crippen LogP contribution >= 0.6 is 15.9 Å². The van der Waals surface area contributed by atoms with Crippen molar-refractivity contribution in [1.29, 1.82) is 0 Å². The van der Waals surface area contributed by atoms with Gasteiger partial charge in [0.05, 0.1) is 17.5 Å². The van der Waals surface area contributed by atoms with Gasteiger partial charge in [-0.15, -0.1) is 0 Å². The van der Waals surface area contributed by atoms with Crippen molar-refractivity contribution in [2.45, 2.75) is 26.4 Å². The van der Waals surface area contributed by atoms with Crippen molar-refractivity contribution >= 4 is 32.9 Å². The summed E-state index contributed by atoms with van der Waals surface area (Å²) >= 11 is 3.14. The molecule has 7 heteroatoms. The number of carbonyl (C=O) groups is 1. The third-order valence-electron chi connectivity index (χ3n) is 3.90. The number of fused-ring (bicyclic) bond motifs is 1. The molecule has 0 spiro atoms. The summed E-state index contributed by atoms with van der Waals surface area (Å²) in [7, 11) is 0. The first-order valence-corrected chi connectivity index (χ1v) is 8.64. The van der Waals surface area contributed by atoms with E-state index in [1.54, 1.807) is 10.6 Å². The Kier molecular flexibility index (Phi) is 5.03. The molecule has 1 aromatic heterocycles. The number of esters is 1. The van der Waals surface area contributed by atoms with Gasteiger partial charge in [0, 0.05) is 17.6 Å². The lowest BCUT2D eigenvalue weighted by atomic mass is 10.3. The van der Waals surface area contributed by atoms with Gasteiger partial charge < -0.3 is 4.74 Å². The first-order valence-electron chi connectivity index (χ1n) is 7.85. The summed E-state index contributed by atoms with van der Waals surface area (Å²) in [4.78, 5) is 24.5. The molecule has 1 heterocycles. The molecule has 0 amide bonds. The van der Waals surface area contributed by atoms with E-state index in [1.165, 1.54) is 16.7 Å². The fourth-order valence-corrected chi connectivity index (χ4v) is 3.06. The molecule has 25 heavy (non-hydrogen) atoms. The number of aromatic nitrogens is 2. The second kappa shape index (κ2) is 7.23. The summed E-state index contributed by atoms with van der Waals surface area (Å²) < 4.78 is 22.5. The Balaban J connectivity index is 1.78. The predicted molar refractivity (Wildman–Crippen MR) is 96.2 cm³/mol. The second-order valence-electron chi connectivity index (χ2n) is 5.47. The summed E-state index contributed by atoms with van der Waals surface area (Å²) in [5.74, 6) is -1.35. The minimum absolute atomic E-state index is 0.0346. The Morgan fingerprint density at radius 3 is 2.48 bits per heavy atom. The molecular formula is C18H16BrFN2O3. The van der Waals surface area contributed by atoms with Crippen LogP contribution in [0.15, 0.2) is 51.7 Å². The van der Waals surface area contributed by atoms with Gasteiger partial charge in [0.25, 0.3) is 0 Å². The SMILES string of the molecule is CCn1c(=O)n(CCC(=O)Oc2ccc(Br)cc2F)c2ccccc21. The van der Waals surface area contributed by atoms with Gasteiger partial charge in [-0.1, -0.05) is 28.1 Å². The molecule has 0 aliphatic rings. The lowest BCUT2D eigenvalue weighted by Gasteiger charge is -2.06. The van der Waals surface area contributed by atoms with E-state index in [4.69, 9.17) is 4.74 Å². The van der Waals surface area contributed by atoms with Gasteiger partial charge in [-0.2, -0.15) is 0 Å². The Labute approximate surface area is 151 Å². The van der Waals surface area contributed by atoms with Gasteiger partial charge >= 0.3 is 11.7 Å². The van der Waals surface area contributed by atoms with Crippen molar-refractivity contribution in [2.75, 3.05) is 0 Å². The number of para-hydroxylation sites is 2. The smallest absolute Gasteiger partial charge is 0.329 e. The standard InChI is InChI=1S/C18H16BrFN2O3/c1-2-21-14-5-3-4-6-15(14)22(18(21)24)10-9-17(23)25-16-8-7-12(19)11-13(16)20/h3-8,11H,2,9-10H2,1H3. The Hall–Kier alpha value is -2.41. The number of aryl methyl sites for hydroxylation is 2. The number of nitrogens with zero attached hydrogens (tertiary/aromatic N) is 2. The third-order valence-corrected chi connectivity index (χ3v) is 4.39. The van der Waals surface area contributed by atoms with Gasteiger partial charge in [-0.05, 0) is 37.3 Å². The van der Waals surface area contributed by atoms with Crippen LogP contribution in [-0.4, -0.2) is 15.1 Å². The highest BCUT2D eigenvalue weighted by molar-refractivity contribution is 9.10. The topological polar surface area (TPSA) is 53.2 Å². The quantitative estimate of drug-likeness (QED) is 0.479. The highest BCUT2D eigenvalue weighted by Crippen LogP contribution is 2.22. The maximum absolute atomic E-state index is 13.7. The summed E-state index contributed by atoms with van der Waals surface area (Å²) in [5, 5.41) is 0. The highest BCUT2D eigenvalue weighted by atomic mass is 79.9. The zero-order chi connectivity index (χ0) is 18.0. The van der Waals surface area contributed by atoms with Crippen LogP contribution in [0.2, 0.25) is 0 Å². The fraction of sp³-hybridized carbons (Fsp3) is 0.222. The molecule has 2 aromatic carbocycles. The van der Waals surface area contributed by atoms with Crippen molar-refractivity contribution in [3.8, 4) is 5.75 Å². The Morgan fingerprint density at radius 1 is 1.16 bits per heavy atom. The van der Waals surface area contributed by atoms with E-state index in [-0.39, 0.29) is 24.4 Å². The zero-order valence-corrected chi connectivity index (χ0v) is 15.1. The van der Waals surface area contributed by atoms with Gasteiger partial charge in [0.1, 0.15) is 0 Å². The summed E-state index contributed by atoms with van der Waals surface area (Å²) in [6, 6.07) is 11.6. The van der Waals surface area contributed by atoms with Crippen LogP contribution in [0.1, 0.15) is 13.3 Å². The van der Waals surface area contributed by atoms with Crippen molar-refractivity contribution in [2.24, 2.45) is 0 Å². The van der Waals surface area contributed by atoms with Gasteiger partial charge in [-0.3, -0.25) is 13.9 Å². The number of rotatable bonds is 5. The molecule has 3 aromatic rings. The maximum atomic E-state index is 13.7. The number of halogens is 2. The van der Waals surface area contributed by atoms with Crippen molar-refractivity contribution in [3.05, 3.63) is 63.2 Å². The van der Waals surface area contributed by atoms with E-state index < -0.39 is 11.8 Å². The van der Waals surface area contributed by atoms with Gasteiger partial charge in [0.15, 0.2) is 11.6 Å². The second-order valence-corrected chi connectivity index (χ2v) is 6.38. The van der Waals surface area contributed by atoms with Crippen molar-refractivity contribution < 1.29 is 13.9 Å². The molecule has 130 valence electrons. The normalized spacial score (nSPS) is 11.0. The van der Waals surface area contributed by atoms with Crippen molar-refractivity contribution in [3.63, 3.8) is 0 Å². The van der Waals surface area contributed by atoms with Crippen LogP contribution in [0, 0.1) is 5.82 Å². The van der Waals surface area contributed by atoms with Crippen LogP contribution in [-0.2, 0) is 17.9 Å². The minimum Gasteiger partial charge on any atom is -0.423 e. The van der Waals surface area contributed by atoms with Crippen LogP contribution in [0.25, 0.3) is 11.0 Å². The molecule has 0 N–H and O–H groups in total. The predicted octanol–water partition coefficient (Wildman–Crippen LogP) is 3.72. The van der Waals surface area contributed by atoms with Crippen LogP contribution < -0.4 is 10.4 Å². The number of carbonyl (C=O) groups excluding carboxylic acids is 1. The van der Waals surface area contributed by atoms with Crippen LogP contribution in [0.5, 0.6) is 5.75 Å². The molecule has 0 saturated heterocycles. The lowest BCUT2D eigenvalue weighted by Crippen LogP contribution is -2.25. The molecule has 0 aliphatic carbocycles. The molecule has 0 atom stereocenters. The van der Waals surface area contributed by atoms with E-state index in [0.29, 0.717) is 11.0 Å². The summed E-state index contributed by atoms with van der Waals surface area (Å²) in [5.41, 5.74) is 1.41. The monoisotopic (exact) mass is 406 g/mol. The zero-order valence-electron chi connectivity index (χ0n) is 13.5. The first-order chi connectivity index (χ1) is 12.0. The van der Waals surface area contributed by atoms with E-state index in [0.717, 1.165) is 11.0 Å². The van der Waals surface area contributed by atoms with Crippen LogP contribution in [0.4, 0.5) is 4.39 Å². The molecule has 0 bridgehead atoms. The Morgan fingerprint density at radius 2 is 1.84 bits per heavy atom. The fourth-order valence-electron chi connectivity index (χ4n) is 2.73. The maximum Gasteiger partial charge on any atom is 0.329 e. The molecule has 5 nitrogen and oxygen atoms in total. The lowest BCUT2D eigenvalue weighted by molar-refractivity contribution is -0.134. The number of ether oxygens (including phenoxy) is 1. The third kappa shape index (κ3) is 3.51. The minimum atomic E-state index is -0.623. The number of hydrogen-bond acceptors (Lipinski definition) is 3. The average molecular weight is 407 g/mol. The number of hydrogen-bond donors (Lipinski definition) is 0. The molecule has 0 aliphatic heterocycles. The highest BCUT2D eigenvalue weighted by Gasteiger charge is 2.14. The van der Waals surface area contributed by atoms with E-state index >= 15 is 0 Å². The number of imidazole rings is 1. The molecule has 0 fully saturated rings. The molecular weight excluding hydrogens is 391 g/mol. The van der Waals surface area contributed by atoms with E-state index in [1.807, 2.05) is 31.2 Å². The molecule has 0 saturated carbocycles. The summed E-state index contributed by atoms with van der Waals surface area (Å²) in [6.07, 6.45) is -0.0346. The van der Waals surface area contributed by atoms with Gasteiger partial charge in [-0.25, -0.2) is 9.18 Å². The number of benzene rings is 2. The largest absolute Gasteiger partial charge is 0.423 e. The van der Waals surface area contributed by atoms with Crippen molar-refractivity contribution in [1.82, 2.24) is 9.13 Å². The molecule has 0 unspecified atom stereocenters. The Bertz CT molecular complexity index is 994.